The van der Waals surface area contributed by atoms with E-state index < -0.39 is 0 Å². The Labute approximate surface area is 138 Å². The number of aromatic nitrogens is 2. The first-order valence-electron chi connectivity index (χ1n) is 7.64. The smallest absolute Gasteiger partial charge is 0.272 e. The average Bonchev–Trinajstić information content (AvgIpc) is 3.27. The van der Waals surface area contributed by atoms with Gasteiger partial charge in [0.15, 0.2) is 11.5 Å². The van der Waals surface area contributed by atoms with E-state index in [-0.39, 0.29) is 25.2 Å². The first-order valence-corrected chi connectivity index (χ1v) is 7.64. The molecule has 8 heteroatoms. The maximum atomic E-state index is 12.4. The molecule has 0 unspecified atom stereocenters. The first-order chi connectivity index (χ1) is 11.7. The Hall–Kier alpha value is -3.03. The van der Waals surface area contributed by atoms with Crippen LogP contribution in [0.25, 0.3) is 0 Å². The van der Waals surface area contributed by atoms with Crippen molar-refractivity contribution in [1.29, 1.82) is 0 Å². The lowest BCUT2D eigenvalue weighted by Gasteiger charge is -2.34. The van der Waals surface area contributed by atoms with Crippen molar-refractivity contribution >= 4 is 11.8 Å². The standard InChI is InChI=1S/C16H16N4O4/c21-15-8-20(16(22)12-6-17-9-18-12)4-3-19(15)7-11-1-2-13-14(5-11)24-10-23-13/h1-2,5-6,9H,3-4,7-8,10H2,(H,17,18). The summed E-state index contributed by atoms with van der Waals surface area (Å²) in [6.45, 7) is 1.78. The lowest BCUT2D eigenvalue weighted by molar-refractivity contribution is -0.135. The number of carbonyl (C=O) groups is 2. The summed E-state index contributed by atoms with van der Waals surface area (Å²) in [6.07, 6.45) is 2.91. The van der Waals surface area contributed by atoms with Gasteiger partial charge in [-0.3, -0.25) is 9.59 Å². The summed E-state index contributed by atoms with van der Waals surface area (Å²) in [7, 11) is 0. The molecule has 24 heavy (non-hydrogen) atoms. The van der Waals surface area contributed by atoms with Gasteiger partial charge >= 0.3 is 0 Å². The number of H-pyrrole nitrogens is 1. The van der Waals surface area contributed by atoms with Crippen molar-refractivity contribution < 1.29 is 19.1 Å². The Morgan fingerprint density at radius 3 is 2.92 bits per heavy atom. The number of imidazole rings is 1. The largest absolute Gasteiger partial charge is 0.454 e. The van der Waals surface area contributed by atoms with Crippen LogP contribution in [-0.4, -0.2) is 58.0 Å². The van der Waals surface area contributed by atoms with E-state index in [4.69, 9.17) is 9.47 Å². The number of hydrogen-bond acceptors (Lipinski definition) is 5. The van der Waals surface area contributed by atoms with E-state index in [2.05, 4.69) is 9.97 Å². The molecular formula is C16H16N4O4. The SMILES string of the molecule is O=C1CN(C(=O)c2cnc[nH]2)CCN1Cc1ccc2c(c1)OCO2. The molecule has 8 nitrogen and oxygen atoms in total. The number of hydrogen-bond donors (Lipinski definition) is 1. The molecule has 0 spiro atoms. The Bertz CT molecular complexity index is 774. The number of fused-ring (bicyclic) bond motifs is 1. The molecule has 1 aromatic carbocycles. The highest BCUT2D eigenvalue weighted by Crippen LogP contribution is 2.32. The van der Waals surface area contributed by atoms with Gasteiger partial charge in [-0.25, -0.2) is 4.98 Å². The molecular weight excluding hydrogens is 312 g/mol. The van der Waals surface area contributed by atoms with Gasteiger partial charge < -0.3 is 24.3 Å². The van der Waals surface area contributed by atoms with Crippen molar-refractivity contribution in [1.82, 2.24) is 19.8 Å². The highest BCUT2D eigenvalue weighted by atomic mass is 16.7. The van der Waals surface area contributed by atoms with Gasteiger partial charge in [-0.05, 0) is 17.7 Å². The number of carbonyl (C=O) groups excluding carboxylic acids is 2. The molecule has 0 atom stereocenters. The zero-order chi connectivity index (χ0) is 16.5. The third kappa shape index (κ3) is 2.66. The van der Waals surface area contributed by atoms with E-state index in [1.807, 2.05) is 18.2 Å². The van der Waals surface area contributed by atoms with Gasteiger partial charge in [-0.1, -0.05) is 6.07 Å². The highest BCUT2D eigenvalue weighted by molar-refractivity contribution is 5.95. The number of piperazine rings is 1. The van der Waals surface area contributed by atoms with Gasteiger partial charge in [0.05, 0.1) is 12.5 Å². The quantitative estimate of drug-likeness (QED) is 0.892. The van der Waals surface area contributed by atoms with E-state index in [1.54, 1.807) is 4.90 Å². The molecule has 0 radical (unpaired) electrons. The molecule has 0 bridgehead atoms. The monoisotopic (exact) mass is 328 g/mol. The van der Waals surface area contributed by atoms with Gasteiger partial charge in [-0.2, -0.15) is 0 Å². The molecule has 2 aromatic rings. The number of ether oxygens (including phenoxy) is 2. The topological polar surface area (TPSA) is 87.8 Å². The molecule has 2 aliphatic heterocycles. The van der Waals surface area contributed by atoms with Crippen LogP contribution in [0.5, 0.6) is 11.5 Å². The van der Waals surface area contributed by atoms with Crippen LogP contribution < -0.4 is 9.47 Å². The third-order valence-electron chi connectivity index (χ3n) is 4.14. The van der Waals surface area contributed by atoms with E-state index in [0.717, 1.165) is 11.3 Å². The maximum Gasteiger partial charge on any atom is 0.272 e. The second kappa shape index (κ2) is 5.88. The second-order valence-electron chi connectivity index (χ2n) is 5.69. The zero-order valence-electron chi connectivity index (χ0n) is 12.9. The van der Waals surface area contributed by atoms with Crippen LogP contribution in [0.2, 0.25) is 0 Å². The van der Waals surface area contributed by atoms with Crippen molar-refractivity contribution in [2.24, 2.45) is 0 Å². The molecule has 4 rings (SSSR count). The van der Waals surface area contributed by atoms with Crippen LogP contribution in [0, 0.1) is 0 Å². The zero-order valence-corrected chi connectivity index (χ0v) is 12.9. The Kier molecular flexibility index (Phi) is 3.56. The summed E-state index contributed by atoms with van der Waals surface area (Å²) in [5.41, 5.74) is 1.37. The van der Waals surface area contributed by atoms with Crippen LogP contribution in [0.3, 0.4) is 0 Å². The Balaban J connectivity index is 1.40. The molecule has 2 amide bonds. The number of benzene rings is 1. The summed E-state index contributed by atoms with van der Waals surface area (Å²) in [6, 6.07) is 5.65. The van der Waals surface area contributed by atoms with Crippen molar-refractivity contribution in [2.75, 3.05) is 26.4 Å². The molecule has 3 heterocycles. The summed E-state index contributed by atoms with van der Waals surface area (Å²) in [4.78, 5) is 34.5. The van der Waals surface area contributed by atoms with Gasteiger partial charge in [0, 0.05) is 19.6 Å². The van der Waals surface area contributed by atoms with E-state index in [1.165, 1.54) is 17.4 Å². The minimum Gasteiger partial charge on any atom is -0.454 e. The summed E-state index contributed by atoms with van der Waals surface area (Å²) >= 11 is 0. The Morgan fingerprint density at radius 2 is 2.12 bits per heavy atom. The van der Waals surface area contributed by atoms with Gasteiger partial charge in [0.2, 0.25) is 12.7 Å². The molecule has 1 fully saturated rings. The molecule has 1 N–H and O–H groups in total. The number of rotatable bonds is 3. The fraction of sp³-hybridized carbons (Fsp3) is 0.312. The van der Waals surface area contributed by atoms with Crippen molar-refractivity contribution in [3.63, 3.8) is 0 Å². The lowest BCUT2D eigenvalue weighted by Crippen LogP contribution is -2.51. The van der Waals surface area contributed by atoms with Gasteiger partial charge in [0.25, 0.3) is 5.91 Å². The molecule has 1 saturated heterocycles. The number of nitrogens with one attached hydrogen (secondary N) is 1. The molecule has 1 aromatic heterocycles. The predicted octanol–water partition coefficient (Wildman–Crippen LogP) is 0.623. The molecule has 124 valence electrons. The number of aromatic amines is 1. The summed E-state index contributed by atoms with van der Waals surface area (Å²) < 4.78 is 10.6. The summed E-state index contributed by atoms with van der Waals surface area (Å²) in [5, 5.41) is 0. The fourth-order valence-electron chi connectivity index (χ4n) is 2.85. The third-order valence-corrected chi connectivity index (χ3v) is 4.14. The second-order valence-corrected chi connectivity index (χ2v) is 5.69. The number of amides is 2. The minimum absolute atomic E-state index is 0.0718. The van der Waals surface area contributed by atoms with E-state index >= 15 is 0 Å². The fourth-order valence-corrected chi connectivity index (χ4v) is 2.85. The molecule has 2 aliphatic rings. The first kappa shape index (κ1) is 14.6. The highest BCUT2D eigenvalue weighted by Gasteiger charge is 2.28. The van der Waals surface area contributed by atoms with Crippen molar-refractivity contribution in [3.8, 4) is 11.5 Å². The van der Waals surface area contributed by atoms with Crippen molar-refractivity contribution in [2.45, 2.75) is 6.54 Å². The summed E-state index contributed by atoms with van der Waals surface area (Å²) in [5.74, 6) is 1.14. The average molecular weight is 328 g/mol. The van der Waals surface area contributed by atoms with Gasteiger partial charge in [0.1, 0.15) is 12.2 Å². The molecule has 0 aliphatic carbocycles. The van der Waals surface area contributed by atoms with E-state index in [9.17, 15) is 9.59 Å². The predicted molar refractivity (Wildman–Crippen MR) is 82.5 cm³/mol. The maximum absolute atomic E-state index is 12.4. The Morgan fingerprint density at radius 1 is 1.25 bits per heavy atom. The van der Waals surface area contributed by atoms with Crippen LogP contribution in [-0.2, 0) is 11.3 Å². The van der Waals surface area contributed by atoms with Crippen LogP contribution in [0.15, 0.2) is 30.7 Å². The normalized spacial score (nSPS) is 16.6. The van der Waals surface area contributed by atoms with Crippen LogP contribution in [0.1, 0.15) is 16.1 Å². The van der Waals surface area contributed by atoms with Crippen LogP contribution >= 0.6 is 0 Å². The molecule has 0 saturated carbocycles. The van der Waals surface area contributed by atoms with Crippen LogP contribution in [0.4, 0.5) is 0 Å². The van der Waals surface area contributed by atoms with Crippen molar-refractivity contribution in [3.05, 3.63) is 42.0 Å². The van der Waals surface area contributed by atoms with E-state index in [0.29, 0.717) is 31.1 Å². The lowest BCUT2D eigenvalue weighted by atomic mass is 10.1. The minimum atomic E-state index is -0.205. The van der Waals surface area contributed by atoms with Gasteiger partial charge in [-0.15, -0.1) is 0 Å². The number of nitrogens with zero attached hydrogens (tertiary/aromatic N) is 3.